The zero-order valence-corrected chi connectivity index (χ0v) is 14.2. The smallest absolute Gasteiger partial charge is 0.282 e. The van der Waals surface area contributed by atoms with Crippen LogP contribution in [0.1, 0.15) is 15.9 Å². The number of nitrogens with zero attached hydrogens (tertiary/aromatic N) is 3. The van der Waals surface area contributed by atoms with Gasteiger partial charge in [-0.2, -0.15) is 5.10 Å². The minimum atomic E-state index is -0.710. The maximum Gasteiger partial charge on any atom is 0.282 e. The van der Waals surface area contributed by atoms with Crippen molar-refractivity contribution in [3.8, 4) is 11.5 Å². The number of amides is 1. The molecule has 140 valence electrons. The highest BCUT2D eigenvalue weighted by Crippen LogP contribution is 2.33. The molecule has 0 bridgehead atoms. The van der Waals surface area contributed by atoms with Crippen LogP contribution in [0.25, 0.3) is 0 Å². The summed E-state index contributed by atoms with van der Waals surface area (Å²) in [6.45, 7) is 0. The average molecular weight is 374 g/mol. The van der Waals surface area contributed by atoms with E-state index in [1.807, 2.05) is 0 Å². The highest BCUT2D eigenvalue weighted by molar-refractivity contribution is 5.96. The molecule has 11 nitrogen and oxygen atoms in total. The number of nitrogens with one attached hydrogen (secondary N) is 1. The number of carbonyl (C=O) groups is 1. The SMILES string of the molecule is COc1cc(/C=N\NC(=O)c2cccc([N+](=O)[O-])c2)c([N+](=O)[O-])cc1OC. The van der Waals surface area contributed by atoms with Crippen LogP contribution in [-0.4, -0.2) is 36.2 Å². The summed E-state index contributed by atoms with van der Waals surface area (Å²) in [7, 11) is 2.71. The number of nitro benzene ring substituents is 2. The third-order valence-electron chi connectivity index (χ3n) is 3.42. The molecule has 0 aliphatic rings. The molecule has 0 aliphatic carbocycles. The number of carbonyl (C=O) groups excluding carboxylic acids is 1. The molecule has 0 aromatic heterocycles. The second-order valence-corrected chi connectivity index (χ2v) is 5.03. The summed E-state index contributed by atoms with van der Waals surface area (Å²) in [5, 5.41) is 25.6. The molecule has 0 heterocycles. The van der Waals surface area contributed by atoms with E-state index < -0.39 is 15.8 Å². The molecule has 0 unspecified atom stereocenters. The van der Waals surface area contributed by atoms with Crippen LogP contribution in [0.3, 0.4) is 0 Å². The Morgan fingerprint density at radius 1 is 1.07 bits per heavy atom. The minimum Gasteiger partial charge on any atom is -0.493 e. The van der Waals surface area contributed by atoms with Gasteiger partial charge in [0.25, 0.3) is 17.3 Å². The number of methoxy groups -OCH3 is 2. The monoisotopic (exact) mass is 374 g/mol. The molecule has 0 fully saturated rings. The lowest BCUT2D eigenvalue weighted by Crippen LogP contribution is -2.17. The lowest BCUT2D eigenvalue weighted by atomic mass is 10.1. The first kappa shape index (κ1) is 19.3. The molecule has 0 spiro atoms. The van der Waals surface area contributed by atoms with E-state index in [0.717, 1.165) is 12.3 Å². The van der Waals surface area contributed by atoms with Gasteiger partial charge in [0.1, 0.15) is 0 Å². The Balaban J connectivity index is 2.25. The van der Waals surface area contributed by atoms with Gasteiger partial charge < -0.3 is 9.47 Å². The number of hydrazone groups is 1. The van der Waals surface area contributed by atoms with Crippen LogP contribution in [0, 0.1) is 20.2 Å². The molecule has 0 saturated carbocycles. The number of non-ortho nitro benzene ring substituents is 1. The summed E-state index contributed by atoms with van der Waals surface area (Å²) in [5.74, 6) is -0.297. The topological polar surface area (TPSA) is 146 Å². The number of rotatable bonds is 7. The van der Waals surface area contributed by atoms with Crippen molar-refractivity contribution < 1.29 is 24.1 Å². The van der Waals surface area contributed by atoms with Gasteiger partial charge in [-0.25, -0.2) is 5.43 Å². The lowest BCUT2D eigenvalue weighted by molar-refractivity contribution is -0.385. The van der Waals surface area contributed by atoms with E-state index in [4.69, 9.17) is 9.47 Å². The van der Waals surface area contributed by atoms with Gasteiger partial charge in [-0.3, -0.25) is 25.0 Å². The van der Waals surface area contributed by atoms with Crippen molar-refractivity contribution in [2.24, 2.45) is 5.10 Å². The summed E-state index contributed by atoms with van der Waals surface area (Å²) in [6, 6.07) is 7.56. The van der Waals surface area contributed by atoms with E-state index in [2.05, 4.69) is 10.5 Å². The summed E-state index contributed by atoms with van der Waals surface area (Å²) < 4.78 is 10.1. The molecule has 1 N–H and O–H groups in total. The van der Waals surface area contributed by atoms with Gasteiger partial charge in [-0.1, -0.05) is 6.07 Å². The molecule has 0 saturated heterocycles. The number of hydrogen-bond acceptors (Lipinski definition) is 8. The highest BCUT2D eigenvalue weighted by atomic mass is 16.6. The maximum atomic E-state index is 12.0. The summed E-state index contributed by atoms with van der Waals surface area (Å²) in [4.78, 5) is 32.7. The van der Waals surface area contributed by atoms with E-state index >= 15 is 0 Å². The Labute approximate surface area is 152 Å². The average Bonchev–Trinajstić information content (AvgIpc) is 2.67. The molecule has 2 rings (SSSR count). The summed E-state index contributed by atoms with van der Waals surface area (Å²) in [5.41, 5.74) is 1.69. The first-order valence-corrected chi connectivity index (χ1v) is 7.35. The molecule has 11 heteroatoms. The third-order valence-corrected chi connectivity index (χ3v) is 3.42. The number of nitro groups is 2. The second kappa shape index (κ2) is 8.38. The molecular formula is C16H14N4O7. The lowest BCUT2D eigenvalue weighted by Gasteiger charge is -2.08. The van der Waals surface area contributed by atoms with Gasteiger partial charge in [0.05, 0.1) is 41.9 Å². The van der Waals surface area contributed by atoms with Crippen molar-refractivity contribution in [2.45, 2.75) is 0 Å². The molecule has 0 radical (unpaired) electrons. The first-order valence-electron chi connectivity index (χ1n) is 7.35. The van der Waals surface area contributed by atoms with Crippen LogP contribution in [0.2, 0.25) is 0 Å². The van der Waals surface area contributed by atoms with Crippen LogP contribution < -0.4 is 14.9 Å². The van der Waals surface area contributed by atoms with Gasteiger partial charge in [0.15, 0.2) is 11.5 Å². The minimum absolute atomic E-state index is 0.0168. The Hall–Kier alpha value is -4.02. The maximum absolute atomic E-state index is 12.0. The number of hydrogen-bond donors (Lipinski definition) is 1. The molecule has 1 amide bonds. The molecule has 0 atom stereocenters. The van der Waals surface area contributed by atoms with Crippen LogP contribution >= 0.6 is 0 Å². The van der Waals surface area contributed by atoms with E-state index in [1.165, 1.54) is 44.6 Å². The van der Waals surface area contributed by atoms with Crippen molar-refractivity contribution >= 4 is 23.5 Å². The largest absolute Gasteiger partial charge is 0.493 e. The highest BCUT2D eigenvalue weighted by Gasteiger charge is 2.18. The quantitative estimate of drug-likeness (QED) is 0.444. The van der Waals surface area contributed by atoms with Gasteiger partial charge >= 0.3 is 0 Å². The van der Waals surface area contributed by atoms with Crippen LogP contribution in [0.15, 0.2) is 41.5 Å². The van der Waals surface area contributed by atoms with Crippen LogP contribution in [-0.2, 0) is 0 Å². The van der Waals surface area contributed by atoms with Gasteiger partial charge in [0, 0.05) is 17.7 Å². The fourth-order valence-electron chi connectivity index (χ4n) is 2.13. The Morgan fingerprint density at radius 2 is 1.74 bits per heavy atom. The van der Waals surface area contributed by atoms with Crippen molar-refractivity contribution in [1.29, 1.82) is 0 Å². The Bertz CT molecular complexity index is 927. The van der Waals surface area contributed by atoms with Crippen molar-refractivity contribution in [3.05, 3.63) is 67.8 Å². The summed E-state index contributed by atoms with van der Waals surface area (Å²) in [6.07, 6.45) is 1.06. The predicted molar refractivity (Wildman–Crippen MR) is 94.4 cm³/mol. The molecule has 27 heavy (non-hydrogen) atoms. The van der Waals surface area contributed by atoms with Crippen molar-refractivity contribution in [1.82, 2.24) is 5.43 Å². The normalized spacial score (nSPS) is 10.4. The standard InChI is InChI=1S/C16H14N4O7/c1-26-14-7-11(13(20(24)25)8-15(14)27-2)9-17-18-16(21)10-4-3-5-12(6-10)19(22)23/h3-9H,1-2H3,(H,18,21)/b17-9-. The molecule has 2 aromatic rings. The second-order valence-electron chi connectivity index (χ2n) is 5.03. The van der Waals surface area contributed by atoms with Crippen LogP contribution in [0.5, 0.6) is 11.5 Å². The molecule has 0 aliphatic heterocycles. The van der Waals surface area contributed by atoms with Crippen LogP contribution in [0.4, 0.5) is 11.4 Å². The zero-order valence-electron chi connectivity index (χ0n) is 14.2. The fraction of sp³-hybridized carbons (Fsp3) is 0.125. The van der Waals surface area contributed by atoms with E-state index in [-0.39, 0.29) is 34.0 Å². The van der Waals surface area contributed by atoms with Crippen molar-refractivity contribution in [3.63, 3.8) is 0 Å². The summed E-state index contributed by atoms with van der Waals surface area (Å²) >= 11 is 0. The van der Waals surface area contributed by atoms with Gasteiger partial charge in [-0.05, 0) is 12.1 Å². The zero-order chi connectivity index (χ0) is 20.0. The first-order chi connectivity index (χ1) is 12.9. The molecular weight excluding hydrogens is 360 g/mol. The predicted octanol–water partition coefficient (Wildman–Crippen LogP) is 2.28. The van der Waals surface area contributed by atoms with Gasteiger partial charge in [0.2, 0.25) is 0 Å². The third kappa shape index (κ3) is 4.54. The van der Waals surface area contributed by atoms with E-state index in [9.17, 15) is 25.0 Å². The number of ether oxygens (including phenoxy) is 2. The molecule has 2 aromatic carbocycles. The van der Waals surface area contributed by atoms with Crippen molar-refractivity contribution in [2.75, 3.05) is 14.2 Å². The van der Waals surface area contributed by atoms with E-state index in [0.29, 0.717) is 0 Å². The fourth-order valence-corrected chi connectivity index (χ4v) is 2.13. The van der Waals surface area contributed by atoms with Gasteiger partial charge in [-0.15, -0.1) is 0 Å². The number of benzene rings is 2. The Kier molecular flexibility index (Phi) is 5.99. The van der Waals surface area contributed by atoms with E-state index in [1.54, 1.807) is 0 Å². The Morgan fingerprint density at radius 3 is 2.33 bits per heavy atom.